The summed E-state index contributed by atoms with van der Waals surface area (Å²) in [7, 11) is 3.07. The molecule has 0 saturated carbocycles. The molecule has 1 amide bonds. The SMILES string of the molecule is C=CCN(C)C(=O)C(C)(C)n1c(=O)c2c(C)c(-n3nccn3)sc2n(CCc2cc(F)ccc2OC)c1=O.OC1CCOCC1. The number of fused-ring (bicyclic) bond motifs is 1. The fraction of sp³-hybridized carbons (Fsp3) is 0.452. The summed E-state index contributed by atoms with van der Waals surface area (Å²) in [5.74, 6) is -0.371. The fourth-order valence-corrected chi connectivity index (χ4v) is 6.47. The van der Waals surface area contributed by atoms with Crippen LogP contribution in [-0.4, -0.2) is 80.1 Å². The number of thiophene rings is 1. The summed E-state index contributed by atoms with van der Waals surface area (Å²) >= 11 is 1.20. The summed E-state index contributed by atoms with van der Waals surface area (Å²) in [6.45, 7) is 10.3. The topological polar surface area (TPSA) is 134 Å². The maximum absolute atomic E-state index is 14.0. The van der Waals surface area contributed by atoms with E-state index in [2.05, 4.69) is 16.8 Å². The monoisotopic (exact) mass is 642 g/mol. The molecule has 0 spiro atoms. The molecule has 0 aliphatic carbocycles. The largest absolute Gasteiger partial charge is 0.496 e. The standard InChI is InChI=1S/C26H29FN6O4S.C5H10O2/c1-7-13-30(5)24(35)26(3,4)32-21(34)20-16(2)22(33-28-11-12-29-33)38-23(20)31(25(32)36)14-10-17-15-18(27)8-9-19(17)37-6;6-5-1-3-7-4-2-5/h7-9,11-12,15H,1,10,13-14H2,2-6H3;5-6H,1-4H2. The van der Waals surface area contributed by atoms with Crippen molar-refractivity contribution in [3.05, 3.63) is 81.0 Å². The lowest BCUT2D eigenvalue weighted by atomic mass is 10.0. The van der Waals surface area contributed by atoms with Crippen molar-refractivity contribution in [2.75, 3.05) is 33.9 Å². The Balaban J connectivity index is 0.000000580. The molecule has 4 aromatic rings. The number of aliphatic hydroxyl groups is 1. The van der Waals surface area contributed by atoms with E-state index in [1.54, 1.807) is 33.9 Å². The van der Waals surface area contributed by atoms with E-state index < -0.39 is 28.5 Å². The van der Waals surface area contributed by atoms with E-state index in [1.165, 1.54) is 63.3 Å². The van der Waals surface area contributed by atoms with E-state index in [9.17, 15) is 18.8 Å². The van der Waals surface area contributed by atoms with Gasteiger partial charge in [-0.3, -0.25) is 14.2 Å². The maximum Gasteiger partial charge on any atom is 0.333 e. The summed E-state index contributed by atoms with van der Waals surface area (Å²) in [5.41, 5.74) is -1.59. The minimum absolute atomic E-state index is 0.0891. The van der Waals surface area contributed by atoms with Gasteiger partial charge in [0.1, 0.15) is 26.9 Å². The summed E-state index contributed by atoms with van der Waals surface area (Å²) in [6.07, 6.45) is 6.39. The molecule has 0 bridgehead atoms. The molecule has 0 unspecified atom stereocenters. The zero-order valence-electron chi connectivity index (χ0n) is 26.2. The molecule has 1 N–H and O–H groups in total. The molecule has 4 heterocycles. The van der Waals surface area contributed by atoms with Gasteiger partial charge in [-0.1, -0.05) is 17.4 Å². The first kappa shape index (κ1) is 33.7. The average Bonchev–Trinajstić information content (AvgIpc) is 3.66. The molecule has 1 fully saturated rings. The lowest BCUT2D eigenvalue weighted by Gasteiger charge is -2.30. The van der Waals surface area contributed by atoms with Crippen molar-refractivity contribution >= 4 is 27.5 Å². The van der Waals surface area contributed by atoms with E-state index in [0.717, 1.165) is 30.6 Å². The quantitative estimate of drug-likeness (QED) is 0.276. The van der Waals surface area contributed by atoms with E-state index in [0.29, 0.717) is 32.1 Å². The molecule has 1 aliphatic heterocycles. The van der Waals surface area contributed by atoms with Crippen LogP contribution in [0.25, 0.3) is 15.2 Å². The molecule has 14 heteroatoms. The first-order valence-corrected chi connectivity index (χ1v) is 15.3. The average molecular weight is 643 g/mol. The van der Waals surface area contributed by atoms with Gasteiger partial charge >= 0.3 is 5.69 Å². The molecule has 0 atom stereocenters. The third kappa shape index (κ3) is 7.08. The number of rotatable bonds is 9. The number of halogens is 1. The summed E-state index contributed by atoms with van der Waals surface area (Å²) in [4.78, 5) is 44.5. The molecule has 45 heavy (non-hydrogen) atoms. The van der Waals surface area contributed by atoms with Crippen molar-refractivity contribution in [2.45, 2.75) is 58.2 Å². The van der Waals surface area contributed by atoms with Crippen LogP contribution in [0.2, 0.25) is 0 Å². The van der Waals surface area contributed by atoms with Crippen molar-refractivity contribution in [2.24, 2.45) is 0 Å². The highest BCUT2D eigenvalue weighted by Gasteiger charge is 2.37. The second-order valence-corrected chi connectivity index (χ2v) is 12.2. The molecular formula is C31H39FN6O6S. The molecule has 3 aromatic heterocycles. The number of aryl methyl sites for hydroxylation is 3. The Morgan fingerprint density at radius 3 is 2.51 bits per heavy atom. The van der Waals surface area contributed by atoms with Crippen LogP contribution in [0.4, 0.5) is 4.39 Å². The smallest absolute Gasteiger partial charge is 0.333 e. The van der Waals surface area contributed by atoms with E-state index in [-0.39, 0.29) is 25.6 Å². The predicted octanol–water partition coefficient (Wildman–Crippen LogP) is 3.04. The molecule has 5 rings (SSSR count). The number of nitrogens with zero attached hydrogens (tertiary/aromatic N) is 6. The van der Waals surface area contributed by atoms with Gasteiger partial charge in [-0.05, 0) is 63.8 Å². The van der Waals surface area contributed by atoms with E-state index in [1.807, 2.05) is 0 Å². The van der Waals surface area contributed by atoms with Crippen LogP contribution in [0.3, 0.4) is 0 Å². The predicted molar refractivity (Wildman–Crippen MR) is 170 cm³/mol. The Labute approximate surface area is 263 Å². The van der Waals surface area contributed by atoms with E-state index in [4.69, 9.17) is 14.6 Å². The Bertz CT molecular complexity index is 1770. The number of carbonyl (C=O) groups is 1. The van der Waals surface area contributed by atoms with Gasteiger partial charge in [0.2, 0.25) is 5.91 Å². The highest BCUT2D eigenvalue weighted by atomic mass is 32.1. The van der Waals surface area contributed by atoms with Gasteiger partial charge in [0.25, 0.3) is 5.56 Å². The number of amides is 1. The number of hydrogen-bond acceptors (Lipinski definition) is 9. The summed E-state index contributed by atoms with van der Waals surface area (Å²) < 4.78 is 26.8. The van der Waals surface area contributed by atoms with Gasteiger partial charge in [-0.2, -0.15) is 10.2 Å². The highest BCUT2D eigenvalue weighted by molar-refractivity contribution is 7.21. The molecular weight excluding hydrogens is 603 g/mol. The number of aromatic nitrogens is 5. The van der Waals surface area contributed by atoms with E-state index >= 15 is 0 Å². The van der Waals surface area contributed by atoms with Gasteiger partial charge < -0.3 is 19.5 Å². The van der Waals surface area contributed by atoms with Gasteiger partial charge in [0, 0.05) is 38.9 Å². The number of hydrogen-bond donors (Lipinski definition) is 1. The third-order valence-corrected chi connectivity index (χ3v) is 8.94. The second-order valence-electron chi connectivity index (χ2n) is 11.2. The second kappa shape index (κ2) is 14.3. The lowest BCUT2D eigenvalue weighted by molar-refractivity contribution is -0.137. The molecule has 1 aromatic carbocycles. The summed E-state index contributed by atoms with van der Waals surface area (Å²) in [5, 5.41) is 18.1. The molecule has 1 aliphatic rings. The fourth-order valence-electron chi connectivity index (χ4n) is 5.24. The minimum Gasteiger partial charge on any atom is -0.496 e. The zero-order chi connectivity index (χ0) is 32.9. The van der Waals surface area contributed by atoms with Gasteiger partial charge in [0.05, 0.1) is 31.0 Å². The zero-order valence-corrected chi connectivity index (χ0v) is 27.0. The van der Waals surface area contributed by atoms with Crippen molar-refractivity contribution < 1.29 is 23.8 Å². The first-order chi connectivity index (χ1) is 21.4. The highest BCUT2D eigenvalue weighted by Crippen LogP contribution is 2.31. The minimum atomic E-state index is -1.50. The third-order valence-electron chi connectivity index (χ3n) is 7.66. The maximum atomic E-state index is 14.0. The number of ether oxygens (including phenoxy) is 2. The van der Waals surface area contributed by atoms with Crippen LogP contribution in [0.1, 0.15) is 37.8 Å². The summed E-state index contributed by atoms with van der Waals surface area (Å²) in [6, 6.07) is 4.18. The molecule has 0 radical (unpaired) electrons. The van der Waals surface area contributed by atoms with Gasteiger partial charge in [0.15, 0.2) is 0 Å². The first-order valence-electron chi connectivity index (χ1n) is 14.5. The van der Waals surface area contributed by atoms with Crippen molar-refractivity contribution in [1.82, 2.24) is 29.0 Å². The Kier molecular flexibility index (Phi) is 10.7. The number of methoxy groups -OCH3 is 1. The van der Waals surface area contributed by atoms with Crippen LogP contribution in [0.5, 0.6) is 5.75 Å². The van der Waals surface area contributed by atoms with Crippen molar-refractivity contribution in [3.8, 4) is 10.8 Å². The van der Waals surface area contributed by atoms with Gasteiger partial charge in [-0.15, -0.1) is 11.4 Å². The molecule has 12 nitrogen and oxygen atoms in total. The Hall–Kier alpha value is -4.14. The number of aliphatic hydroxyl groups excluding tert-OH is 1. The normalized spacial score (nSPS) is 13.8. The Morgan fingerprint density at radius 1 is 1.27 bits per heavy atom. The number of benzene rings is 1. The lowest BCUT2D eigenvalue weighted by Crippen LogP contribution is -2.56. The van der Waals surface area contributed by atoms with Crippen LogP contribution < -0.4 is 16.0 Å². The number of carbonyl (C=O) groups excluding carboxylic acids is 1. The Morgan fingerprint density at radius 2 is 1.93 bits per heavy atom. The number of likely N-dealkylation sites (N-methyl/N-ethyl adjacent to an activating group) is 1. The van der Waals surface area contributed by atoms with Gasteiger partial charge in [-0.25, -0.2) is 13.8 Å². The van der Waals surface area contributed by atoms with Crippen molar-refractivity contribution in [3.63, 3.8) is 0 Å². The molecule has 1 saturated heterocycles. The van der Waals surface area contributed by atoms with Crippen molar-refractivity contribution in [1.29, 1.82) is 0 Å². The van der Waals surface area contributed by atoms with Crippen LogP contribution in [0.15, 0.2) is 52.8 Å². The van der Waals surface area contributed by atoms with Crippen LogP contribution in [-0.2, 0) is 28.0 Å². The van der Waals surface area contributed by atoms with Crippen LogP contribution in [0, 0.1) is 12.7 Å². The molecule has 242 valence electrons. The van der Waals surface area contributed by atoms with Crippen LogP contribution >= 0.6 is 11.3 Å².